The summed E-state index contributed by atoms with van der Waals surface area (Å²) >= 11 is 0. The molecule has 1 aliphatic rings. The van der Waals surface area contributed by atoms with Crippen LogP contribution in [0.15, 0.2) is 41.3 Å². The van der Waals surface area contributed by atoms with E-state index < -0.39 is 10.0 Å². The SMILES string of the molecule is COc1ccc(S(=O)(=O)NC[C@@H](c2ccc3c(c2)CCCN3C)N(C)C)cc1C. The maximum Gasteiger partial charge on any atom is 0.240 e. The second-order valence-corrected chi connectivity index (χ2v) is 9.64. The molecule has 0 radical (unpaired) electrons. The number of anilines is 1. The van der Waals surface area contributed by atoms with E-state index in [1.807, 2.05) is 21.0 Å². The molecule has 0 aliphatic carbocycles. The van der Waals surface area contributed by atoms with Crippen LogP contribution in [0.3, 0.4) is 0 Å². The summed E-state index contributed by atoms with van der Waals surface area (Å²) < 4.78 is 33.7. The van der Waals surface area contributed by atoms with Gasteiger partial charge in [0.2, 0.25) is 10.0 Å². The van der Waals surface area contributed by atoms with E-state index in [1.54, 1.807) is 25.3 Å². The summed E-state index contributed by atoms with van der Waals surface area (Å²) in [5.74, 6) is 0.675. The van der Waals surface area contributed by atoms with Crippen LogP contribution < -0.4 is 14.4 Å². The lowest BCUT2D eigenvalue weighted by Crippen LogP contribution is -2.35. The van der Waals surface area contributed by atoms with Crippen LogP contribution >= 0.6 is 0 Å². The van der Waals surface area contributed by atoms with Crippen molar-refractivity contribution in [2.45, 2.75) is 30.7 Å². The van der Waals surface area contributed by atoms with Gasteiger partial charge in [0, 0.05) is 31.9 Å². The Balaban J connectivity index is 1.80. The highest BCUT2D eigenvalue weighted by atomic mass is 32.2. The van der Waals surface area contributed by atoms with Crippen LogP contribution in [0.5, 0.6) is 5.75 Å². The van der Waals surface area contributed by atoms with E-state index in [4.69, 9.17) is 4.74 Å². The van der Waals surface area contributed by atoms with Crippen LogP contribution in [-0.2, 0) is 16.4 Å². The van der Waals surface area contributed by atoms with Gasteiger partial charge in [0.05, 0.1) is 12.0 Å². The van der Waals surface area contributed by atoms with Crippen molar-refractivity contribution in [1.29, 1.82) is 0 Å². The predicted molar refractivity (Wildman–Crippen MR) is 117 cm³/mol. The van der Waals surface area contributed by atoms with E-state index in [9.17, 15) is 8.42 Å². The molecule has 0 amide bonds. The zero-order valence-corrected chi connectivity index (χ0v) is 18.7. The molecule has 2 aromatic rings. The lowest BCUT2D eigenvalue weighted by atomic mass is 9.96. The van der Waals surface area contributed by atoms with E-state index in [0.29, 0.717) is 12.3 Å². The fourth-order valence-corrected chi connectivity index (χ4v) is 5.02. The molecule has 0 aromatic heterocycles. The van der Waals surface area contributed by atoms with Crippen molar-refractivity contribution in [3.8, 4) is 5.75 Å². The summed E-state index contributed by atoms with van der Waals surface area (Å²) in [7, 11) is 4.03. The molecule has 29 heavy (non-hydrogen) atoms. The third kappa shape index (κ3) is 4.74. The number of aryl methyl sites for hydroxylation is 2. The van der Waals surface area contributed by atoms with Gasteiger partial charge in [-0.2, -0.15) is 0 Å². The number of hydrogen-bond donors (Lipinski definition) is 1. The number of fused-ring (bicyclic) bond motifs is 1. The van der Waals surface area contributed by atoms with Gasteiger partial charge in [-0.3, -0.25) is 0 Å². The van der Waals surface area contributed by atoms with Crippen molar-refractivity contribution in [3.63, 3.8) is 0 Å². The second kappa shape index (κ2) is 8.73. The number of methoxy groups -OCH3 is 1. The highest BCUT2D eigenvalue weighted by molar-refractivity contribution is 7.89. The molecule has 0 bridgehead atoms. The van der Waals surface area contributed by atoms with Crippen molar-refractivity contribution in [2.75, 3.05) is 46.2 Å². The normalized spacial score (nSPS) is 15.3. The van der Waals surface area contributed by atoms with E-state index >= 15 is 0 Å². The Labute approximate surface area is 174 Å². The topological polar surface area (TPSA) is 61.9 Å². The number of rotatable bonds is 7. The van der Waals surface area contributed by atoms with Crippen molar-refractivity contribution >= 4 is 15.7 Å². The Hall–Kier alpha value is -2.09. The smallest absolute Gasteiger partial charge is 0.240 e. The van der Waals surface area contributed by atoms with Crippen molar-refractivity contribution in [3.05, 3.63) is 53.1 Å². The first-order valence-electron chi connectivity index (χ1n) is 9.87. The predicted octanol–water partition coefficient (Wildman–Crippen LogP) is 2.97. The van der Waals surface area contributed by atoms with Crippen LogP contribution in [0, 0.1) is 6.92 Å². The summed E-state index contributed by atoms with van der Waals surface area (Å²) in [5.41, 5.74) is 4.51. The summed E-state index contributed by atoms with van der Waals surface area (Å²) in [6.45, 7) is 3.21. The Bertz CT molecular complexity index is 973. The van der Waals surface area contributed by atoms with Crippen LogP contribution in [0.1, 0.15) is 29.2 Å². The van der Waals surface area contributed by atoms with Gasteiger partial charge in [-0.25, -0.2) is 13.1 Å². The van der Waals surface area contributed by atoms with Crippen molar-refractivity contribution < 1.29 is 13.2 Å². The number of nitrogens with zero attached hydrogens (tertiary/aromatic N) is 2. The van der Waals surface area contributed by atoms with Gasteiger partial charge in [-0.05, 0) is 74.8 Å². The lowest BCUT2D eigenvalue weighted by Gasteiger charge is -2.30. The Morgan fingerprint density at radius 1 is 1.21 bits per heavy atom. The number of sulfonamides is 1. The van der Waals surface area contributed by atoms with E-state index in [0.717, 1.165) is 30.5 Å². The maximum absolute atomic E-state index is 12.8. The molecule has 1 heterocycles. The largest absolute Gasteiger partial charge is 0.496 e. The molecular formula is C22H31N3O3S. The molecule has 3 rings (SSSR count). The van der Waals surface area contributed by atoms with Gasteiger partial charge in [0.15, 0.2) is 0 Å². The van der Waals surface area contributed by atoms with Gasteiger partial charge in [0.1, 0.15) is 5.75 Å². The molecule has 0 saturated heterocycles. The third-order valence-electron chi connectivity index (χ3n) is 5.61. The Kier molecular flexibility index (Phi) is 6.51. The summed E-state index contributed by atoms with van der Waals surface area (Å²) in [4.78, 5) is 4.58. The summed E-state index contributed by atoms with van der Waals surface area (Å²) in [6.07, 6.45) is 2.20. The van der Waals surface area contributed by atoms with Crippen molar-refractivity contribution in [2.24, 2.45) is 0 Å². The molecule has 6 nitrogen and oxygen atoms in total. The zero-order chi connectivity index (χ0) is 21.2. The van der Waals surface area contributed by atoms with E-state index in [2.05, 4.69) is 39.8 Å². The van der Waals surface area contributed by atoms with Crippen LogP contribution in [-0.4, -0.2) is 54.7 Å². The number of benzene rings is 2. The molecule has 1 atom stereocenters. The first-order valence-corrected chi connectivity index (χ1v) is 11.4. The number of nitrogens with one attached hydrogen (secondary N) is 1. The average molecular weight is 418 g/mol. The standard InChI is InChI=1S/C22H31N3O3S/c1-16-13-19(9-11-22(16)28-5)29(26,27)23-15-21(24(2)3)18-8-10-20-17(14-18)7-6-12-25(20)4/h8-11,13-14,21,23H,6-7,12,15H2,1-5H3/t21-/m0/s1. The Morgan fingerprint density at radius 3 is 2.62 bits per heavy atom. The fourth-order valence-electron chi connectivity index (χ4n) is 3.90. The minimum absolute atomic E-state index is 0.0540. The van der Waals surface area contributed by atoms with Crippen LogP contribution in [0.4, 0.5) is 5.69 Å². The summed E-state index contributed by atoms with van der Waals surface area (Å²) in [5, 5.41) is 0. The summed E-state index contributed by atoms with van der Waals surface area (Å²) in [6, 6.07) is 11.3. The molecule has 2 aromatic carbocycles. The minimum atomic E-state index is -3.61. The lowest BCUT2D eigenvalue weighted by molar-refractivity contribution is 0.299. The first-order chi connectivity index (χ1) is 13.7. The molecule has 0 unspecified atom stereocenters. The number of likely N-dealkylation sites (N-methyl/N-ethyl adjacent to an activating group) is 1. The molecule has 7 heteroatoms. The number of ether oxygens (including phenoxy) is 1. The van der Waals surface area contributed by atoms with Gasteiger partial charge >= 0.3 is 0 Å². The first kappa shape index (κ1) is 21.6. The third-order valence-corrected chi connectivity index (χ3v) is 7.03. The zero-order valence-electron chi connectivity index (χ0n) is 17.9. The second-order valence-electron chi connectivity index (χ2n) is 7.88. The maximum atomic E-state index is 12.8. The highest BCUT2D eigenvalue weighted by Gasteiger charge is 2.22. The number of hydrogen-bond acceptors (Lipinski definition) is 5. The minimum Gasteiger partial charge on any atom is -0.496 e. The van der Waals surface area contributed by atoms with Gasteiger partial charge in [0.25, 0.3) is 0 Å². The molecule has 0 spiro atoms. The highest BCUT2D eigenvalue weighted by Crippen LogP contribution is 2.30. The molecule has 0 fully saturated rings. The van der Waals surface area contributed by atoms with Gasteiger partial charge in [-0.15, -0.1) is 0 Å². The van der Waals surface area contributed by atoms with Crippen molar-refractivity contribution in [1.82, 2.24) is 9.62 Å². The van der Waals surface area contributed by atoms with Gasteiger partial charge < -0.3 is 14.5 Å². The molecule has 1 aliphatic heterocycles. The van der Waals surface area contributed by atoms with Crippen LogP contribution in [0.25, 0.3) is 0 Å². The van der Waals surface area contributed by atoms with Gasteiger partial charge in [-0.1, -0.05) is 12.1 Å². The monoisotopic (exact) mass is 417 g/mol. The molecule has 158 valence electrons. The van der Waals surface area contributed by atoms with Crippen LogP contribution in [0.2, 0.25) is 0 Å². The molecular weight excluding hydrogens is 386 g/mol. The quantitative estimate of drug-likeness (QED) is 0.751. The van der Waals surface area contributed by atoms with E-state index in [1.165, 1.54) is 11.3 Å². The molecule has 1 N–H and O–H groups in total. The Morgan fingerprint density at radius 2 is 1.97 bits per heavy atom. The average Bonchev–Trinajstić information content (AvgIpc) is 2.68. The molecule has 0 saturated carbocycles. The fraction of sp³-hybridized carbons (Fsp3) is 0.455. The van der Waals surface area contributed by atoms with E-state index in [-0.39, 0.29) is 10.9 Å².